The van der Waals surface area contributed by atoms with Crippen molar-refractivity contribution in [1.82, 2.24) is 5.32 Å². The summed E-state index contributed by atoms with van der Waals surface area (Å²) in [5, 5.41) is 11.6. The van der Waals surface area contributed by atoms with Gasteiger partial charge in [0.15, 0.2) is 0 Å². The summed E-state index contributed by atoms with van der Waals surface area (Å²) < 4.78 is 24.2. The second-order valence-electron chi connectivity index (χ2n) is 4.80. The van der Waals surface area contributed by atoms with Crippen molar-refractivity contribution in [3.8, 4) is 0 Å². The predicted octanol–water partition coefficient (Wildman–Crippen LogP) is 0.713. The van der Waals surface area contributed by atoms with Gasteiger partial charge in [-0.3, -0.25) is 4.72 Å². The summed E-state index contributed by atoms with van der Waals surface area (Å²) in [5.41, 5.74) is 1.37. The molecule has 1 saturated heterocycles. The standard InChI is InChI=1S/C12H20N4O2S/c13-19(17,18)16-12-3-1-2-11(8-12)15-9-10-4-6-14-7-5-10/h1-3,8,10,14-16H,4-7,9H2,(H2,13,17,18). The SMILES string of the molecule is NS(=O)(=O)Nc1cccc(NCC2CCNCC2)c1. The van der Waals surface area contributed by atoms with Crippen LogP contribution in [0.1, 0.15) is 12.8 Å². The molecule has 5 N–H and O–H groups in total. The third kappa shape index (κ3) is 5.06. The fourth-order valence-electron chi connectivity index (χ4n) is 2.20. The number of anilines is 2. The van der Waals surface area contributed by atoms with Gasteiger partial charge in [-0.15, -0.1) is 0 Å². The summed E-state index contributed by atoms with van der Waals surface area (Å²) in [5.74, 6) is 0.663. The fraction of sp³-hybridized carbons (Fsp3) is 0.500. The first kappa shape index (κ1) is 14.1. The van der Waals surface area contributed by atoms with Gasteiger partial charge in [0.25, 0.3) is 10.2 Å². The Morgan fingerprint density at radius 1 is 1.26 bits per heavy atom. The minimum Gasteiger partial charge on any atom is -0.385 e. The summed E-state index contributed by atoms with van der Waals surface area (Å²) >= 11 is 0. The van der Waals surface area contributed by atoms with E-state index in [9.17, 15) is 8.42 Å². The van der Waals surface area contributed by atoms with Crippen molar-refractivity contribution in [2.45, 2.75) is 12.8 Å². The summed E-state index contributed by atoms with van der Waals surface area (Å²) in [7, 11) is -3.72. The Morgan fingerprint density at radius 2 is 1.95 bits per heavy atom. The molecule has 0 bridgehead atoms. The summed E-state index contributed by atoms with van der Waals surface area (Å²) in [4.78, 5) is 0. The monoisotopic (exact) mass is 284 g/mol. The molecule has 106 valence electrons. The van der Waals surface area contributed by atoms with Crippen LogP contribution in [0.25, 0.3) is 0 Å². The molecule has 0 radical (unpaired) electrons. The molecule has 1 fully saturated rings. The first-order chi connectivity index (χ1) is 9.03. The van der Waals surface area contributed by atoms with Crippen LogP contribution in [0.4, 0.5) is 11.4 Å². The van der Waals surface area contributed by atoms with Crippen LogP contribution in [0.5, 0.6) is 0 Å². The zero-order valence-corrected chi connectivity index (χ0v) is 11.5. The van der Waals surface area contributed by atoms with Gasteiger partial charge in [-0.05, 0) is 50.0 Å². The molecule has 6 nitrogen and oxygen atoms in total. The normalized spacial score (nSPS) is 17.1. The molecule has 1 heterocycles. The van der Waals surface area contributed by atoms with E-state index in [-0.39, 0.29) is 0 Å². The van der Waals surface area contributed by atoms with Crippen molar-refractivity contribution < 1.29 is 8.42 Å². The first-order valence-electron chi connectivity index (χ1n) is 6.38. The molecule has 0 aromatic heterocycles. The summed E-state index contributed by atoms with van der Waals surface area (Å²) in [6.45, 7) is 3.04. The van der Waals surface area contributed by atoms with Crippen LogP contribution in [0.15, 0.2) is 24.3 Å². The minimum atomic E-state index is -3.72. The highest BCUT2D eigenvalue weighted by Gasteiger charge is 2.12. The number of rotatable bonds is 5. The third-order valence-corrected chi connectivity index (χ3v) is 3.70. The lowest BCUT2D eigenvalue weighted by Crippen LogP contribution is -2.31. The zero-order chi connectivity index (χ0) is 13.7. The fourth-order valence-corrected chi connectivity index (χ4v) is 2.66. The number of hydrogen-bond acceptors (Lipinski definition) is 4. The molecule has 0 atom stereocenters. The van der Waals surface area contributed by atoms with E-state index in [2.05, 4.69) is 15.4 Å². The van der Waals surface area contributed by atoms with Gasteiger partial charge in [0.1, 0.15) is 0 Å². The Hall–Kier alpha value is -1.31. The molecular weight excluding hydrogens is 264 g/mol. The minimum absolute atomic E-state index is 0.470. The molecule has 0 unspecified atom stereocenters. The van der Waals surface area contributed by atoms with Crippen LogP contribution in [0, 0.1) is 5.92 Å². The Morgan fingerprint density at radius 3 is 2.63 bits per heavy atom. The smallest absolute Gasteiger partial charge is 0.296 e. The van der Waals surface area contributed by atoms with Gasteiger partial charge in [0.2, 0.25) is 0 Å². The van der Waals surface area contributed by atoms with Crippen molar-refractivity contribution in [3.63, 3.8) is 0 Å². The first-order valence-corrected chi connectivity index (χ1v) is 7.93. The highest BCUT2D eigenvalue weighted by Crippen LogP contribution is 2.18. The van der Waals surface area contributed by atoms with Gasteiger partial charge in [0.05, 0.1) is 5.69 Å². The average molecular weight is 284 g/mol. The van der Waals surface area contributed by atoms with Crippen molar-refractivity contribution in [2.75, 3.05) is 29.7 Å². The van der Waals surface area contributed by atoms with E-state index in [0.717, 1.165) is 25.3 Å². The van der Waals surface area contributed by atoms with Gasteiger partial charge in [-0.25, -0.2) is 5.14 Å². The topological polar surface area (TPSA) is 96.2 Å². The van der Waals surface area contributed by atoms with Gasteiger partial charge >= 0.3 is 0 Å². The lowest BCUT2D eigenvalue weighted by Gasteiger charge is -2.23. The second-order valence-corrected chi connectivity index (χ2v) is 6.10. The van der Waals surface area contributed by atoms with Crippen LogP contribution in [0.3, 0.4) is 0 Å². The van der Waals surface area contributed by atoms with E-state index < -0.39 is 10.2 Å². The van der Waals surface area contributed by atoms with Crippen LogP contribution in [0.2, 0.25) is 0 Å². The molecule has 0 spiro atoms. The maximum Gasteiger partial charge on any atom is 0.296 e. The Labute approximate surface area is 114 Å². The van der Waals surface area contributed by atoms with Crippen molar-refractivity contribution >= 4 is 21.6 Å². The second kappa shape index (κ2) is 6.23. The Kier molecular flexibility index (Phi) is 4.62. The van der Waals surface area contributed by atoms with Gasteiger partial charge in [-0.1, -0.05) is 6.07 Å². The molecule has 1 aromatic carbocycles. The highest BCUT2D eigenvalue weighted by molar-refractivity contribution is 7.90. The van der Waals surface area contributed by atoms with E-state index in [1.165, 1.54) is 12.8 Å². The lowest BCUT2D eigenvalue weighted by atomic mass is 9.98. The van der Waals surface area contributed by atoms with Crippen molar-refractivity contribution in [1.29, 1.82) is 0 Å². The molecule has 1 aromatic rings. The molecule has 0 saturated carbocycles. The van der Waals surface area contributed by atoms with E-state index in [4.69, 9.17) is 5.14 Å². The van der Waals surface area contributed by atoms with E-state index in [0.29, 0.717) is 11.6 Å². The molecule has 7 heteroatoms. The Balaban J connectivity index is 1.91. The molecule has 0 amide bonds. The zero-order valence-electron chi connectivity index (χ0n) is 10.7. The lowest BCUT2D eigenvalue weighted by molar-refractivity contribution is 0.390. The molecule has 2 rings (SSSR count). The molecule has 1 aliphatic rings. The quantitative estimate of drug-likeness (QED) is 0.640. The molecular formula is C12H20N4O2S. The van der Waals surface area contributed by atoms with Crippen molar-refractivity contribution in [2.24, 2.45) is 11.1 Å². The van der Waals surface area contributed by atoms with Gasteiger partial charge in [-0.2, -0.15) is 8.42 Å². The number of nitrogens with one attached hydrogen (secondary N) is 3. The average Bonchev–Trinajstić information content (AvgIpc) is 2.36. The van der Waals surface area contributed by atoms with Crippen LogP contribution >= 0.6 is 0 Å². The largest absolute Gasteiger partial charge is 0.385 e. The molecule has 19 heavy (non-hydrogen) atoms. The van der Waals surface area contributed by atoms with E-state index in [1.54, 1.807) is 18.2 Å². The summed E-state index contributed by atoms with van der Waals surface area (Å²) in [6.07, 6.45) is 2.34. The van der Waals surface area contributed by atoms with Crippen LogP contribution < -0.4 is 20.5 Å². The summed E-state index contributed by atoms with van der Waals surface area (Å²) in [6, 6.07) is 7.11. The van der Waals surface area contributed by atoms with E-state index >= 15 is 0 Å². The maximum atomic E-state index is 11.0. The number of hydrogen-bond donors (Lipinski definition) is 4. The third-order valence-electron chi connectivity index (χ3n) is 3.18. The van der Waals surface area contributed by atoms with Gasteiger partial charge in [0, 0.05) is 12.2 Å². The number of piperidine rings is 1. The number of benzene rings is 1. The maximum absolute atomic E-state index is 11.0. The predicted molar refractivity (Wildman–Crippen MR) is 77.3 cm³/mol. The van der Waals surface area contributed by atoms with Crippen LogP contribution in [-0.2, 0) is 10.2 Å². The van der Waals surface area contributed by atoms with Gasteiger partial charge < -0.3 is 10.6 Å². The Bertz CT molecular complexity index is 512. The molecule has 0 aliphatic carbocycles. The van der Waals surface area contributed by atoms with E-state index in [1.807, 2.05) is 6.07 Å². The highest BCUT2D eigenvalue weighted by atomic mass is 32.2. The number of nitrogens with two attached hydrogens (primary N) is 1. The van der Waals surface area contributed by atoms with Crippen molar-refractivity contribution in [3.05, 3.63) is 24.3 Å². The van der Waals surface area contributed by atoms with Crippen LogP contribution in [-0.4, -0.2) is 28.1 Å². The molecule has 1 aliphatic heterocycles.